The lowest BCUT2D eigenvalue weighted by molar-refractivity contribution is 0.200. The number of ether oxygens (including phenoxy) is 1. The van der Waals surface area contributed by atoms with E-state index in [1.165, 1.54) is 29.5 Å². The van der Waals surface area contributed by atoms with E-state index >= 15 is 0 Å². The average Bonchev–Trinajstić information content (AvgIpc) is 2.37. The molecule has 2 heteroatoms. The van der Waals surface area contributed by atoms with Gasteiger partial charge in [0.25, 0.3) is 0 Å². The summed E-state index contributed by atoms with van der Waals surface area (Å²) >= 11 is 0. The first kappa shape index (κ1) is 17.0. The summed E-state index contributed by atoms with van der Waals surface area (Å²) in [4.78, 5) is 0. The van der Waals surface area contributed by atoms with E-state index in [1.54, 1.807) is 0 Å². The third-order valence-corrected chi connectivity index (χ3v) is 3.94. The Morgan fingerprint density at radius 1 is 1.10 bits per heavy atom. The molecule has 0 heterocycles. The fourth-order valence-corrected chi connectivity index (χ4v) is 2.87. The first-order valence-electron chi connectivity index (χ1n) is 7.81. The molecule has 0 aliphatic heterocycles. The highest BCUT2D eigenvalue weighted by atomic mass is 16.5. The van der Waals surface area contributed by atoms with E-state index in [0.29, 0.717) is 12.5 Å². The number of aliphatic hydroxyl groups is 1. The highest BCUT2D eigenvalue weighted by Crippen LogP contribution is 2.27. The third kappa shape index (κ3) is 5.16. The van der Waals surface area contributed by atoms with E-state index in [2.05, 4.69) is 46.8 Å². The SMILES string of the molecule is CCC(C)CC(C)Cc1cc(C)c(OCCO)c(C)c1. The summed E-state index contributed by atoms with van der Waals surface area (Å²) in [5.74, 6) is 2.45. The van der Waals surface area contributed by atoms with Gasteiger partial charge >= 0.3 is 0 Å². The van der Waals surface area contributed by atoms with Gasteiger partial charge in [0, 0.05) is 0 Å². The molecule has 0 aliphatic carbocycles. The first-order chi connectivity index (χ1) is 9.47. The van der Waals surface area contributed by atoms with E-state index < -0.39 is 0 Å². The molecule has 0 saturated heterocycles. The lowest BCUT2D eigenvalue weighted by atomic mass is 9.89. The Morgan fingerprint density at radius 3 is 2.20 bits per heavy atom. The van der Waals surface area contributed by atoms with Crippen LogP contribution in [0.5, 0.6) is 5.75 Å². The first-order valence-corrected chi connectivity index (χ1v) is 7.81. The summed E-state index contributed by atoms with van der Waals surface area (Å²) in [5, 5.41) is 8.87. The molecular weight excluding hydrogens is 248 g/mol. The van der Waals surface area contributed by atoms with E-state index in [9.17, 15) is 0 Å². The molecule has 0 fully saturated rings. The molecule has 0 amide bonds. The Hall–Kier alpha value is -1.02. The maximum atomic E-state index is 8.87. The second kappa shape index (κ2) is 8.31. The average molecular weight is 278 g/mol. The molecule has 0 spiro atoms. The molecule has 1 aromatic rings. The molecule has 0 aromatic heterocycles. The van der Waals surface area contributed by atoms with Crippen LogP contribution in [0, 0.1) is 25.7 Å². The smallest absolute Gasteiger partial charge is 0.125 e. The minimum atomic E-state index is 0.0621. The number of aryl methyl sites for hydroxylation is 2. The monoisotopic (exact) mass is 278 g/mol. The largest absolute Gasteiger partial charge is 0.491 e. The van der Waals surface area contributed by atoms with E-state index in [1.807, 2.05) is 0 Å². The Labute approximate surface area is 124 Å². The van der Waals surface area contributed by atoms with Gasteiger partial charge in [0.15, 0.2) is 0 Å². The number of benzene rings is 1. The minimum absolute atomic E-state index is 0.0621. The van der Waals surface area contributed by atoms with Crippen molar-refractivity contribution in [2.45, 2.75) is 53.9 Å². The van der Waals surface area contributed by atoms with Crippen LogP contribution in [-0.2, 0) is 6.42 Å². The Kier molecular flexibility index (Phi) is 7.08. The summed E-state index contributed by atoms with van der Waals surface area (Å²) in [6, 6.07) is 4.46. The van der Waals surface area contributed by atoms with Crippen LogP contribution >= 0.6 is 0 Å². The summed E-state index contributed by atoms with van der Waals surface area (Å²) < 4.78 is 5.61. The predicted octanol–water partition coefficient (Wildman–Crippen LogP) is 4.29. The Bertz CT molecular complexity index is 389. The third-order valence-electron chi connectivity index (χ3n) is 3.94. The van der Waals surface area contributed by atoms with Gasteiger partial charge < -0.3 is 9.84 Å². The number of hydrogen-bond donors (Lipinski definition) is 1. The second-order valence-electron chi connectivity index (χ2n) is 6.19. The molecule has 0 bridgehead atoms. The molecule has 1 rings (SSSR count). The van der Waals surface area contributed by atoms with Crippen LogP contribution in [0.15, 0.2) is 12.1 Å². The molecule has 0 saturated carbocycles. The van der Waals surface area contributed by atoms with E-state index in [0.717, 1.165) is 18.1 Å². The van der Waals surface area contributed by atoms with Gasteiger partial charge in [-0.3, -0.25) is 0 Å². The number of aliphatic hydroxyl groups excluding tert-OH is 1. The maximum Gasteiger partial charge on any atom is 0.125 e. The molecule has 2 atom stereocenters. The van der Waals surface area contributed by atoms with Gasteiger partial charge in [-0.15, -0.1) is 0 Å². The van der Waals surface area contributed by atoms with Gasteiger partial charge in [-0.05, 0) is 55.2 Å². The lowest BCUT2D eigenvalue weighted by Crippen LogP contribution is -2.07. The van der Waals surface area contributed by atoms with Crippen LogP contribution < -0.4 is 4.74 Å². The molecule has 0 aliphatic rings. The van der Waals surface area contributed by atoms with E-state index in [-0.39, 0.29) is 6.61 Å². The summed E-state index contributed by atoms with van der Waals surface area (Å²) in [6.45, 7) is 11.5. The van der Waals surface area contributed by atoms with Crippen molar-refractivity contribution in [3.05, 3.63) is 28.8 Å². The van der Waals surface area contributed by atoms with Gasteiger partial charge in [0.1, 0.15) is 12.4 Å². The second-order valence-corrected chi connectivity index (χ2v) is 6.19. The maximum absolute atomic E-state index is 8.87. The zero-order chi connectivity index (χ0) is 15.1. The van der Waals surface area contributed by atoms with Crippen LogP contribution in [0.1, 0.15) is 50.3 Å². The predicted molar refractivity (Wildman–Crippen MR) is 85.4 cm³/mol. The molecule has 0 radical (unpaired) electrons. The molecule has 2 nitrogen and oxygen atoms in total. The van der Waals surface area contributed by atoms with Crippen molar-refractivity contribution in [2.24, 2.45) is 11.8 Å². The van der Waals surface area contributed by atoms with Gasteiger partial charge in [-0.1, -0.05) is 39.3 Å². The van der Waals surface area contributed by atoms with Crippen LogP contribution in [0.25, 0.3) is 0 Å². The van der Waals surface area contributed by atoms with Crippen molar-refractivity contribution in [1.82, 2.24) is 0 Å². The van der Waals surface area contributed by atoms with Gasteiger partial charge in [0.05, 0.1) is 6.61 Å². The van der Waals surface area contributed by atoms with Crippen molar-refractivity contribution in [2.75, 3.05) is 13.2 Å². The van der Waals surface area contributed by atoms with Crippen LogP contribution in [0.2, 0.25) is 0 Å². The summed E-state index contributed by atoms with van der Waals surface area (Å²) in [5.41, 5.74) is 3.74. The normalized spacial score (nSPS) is 14.1. The number of hydrogen-bond acceptors (Lipinski definition) is 2. The van der Waals surface area contributed by atoms with Crippen molar-refractivity contribution in [3.63, 3.8) is 0 Å². The van der Waals surface area contributed by atoms with Crippen molar-refractivity contribution in [1.29, 1.82) is 0 Å². The highest BCUT2D eigenvalue weighted by Gasteiger charge is 2.11. The molecule has 114 valence electrons. The van der Waals surface area contributed by atoms with Crippen LogP contribution in [0.4, 0.5) is 0 Å². The van der Waals surface area contributed by atoms with Crippen LogP contribution in [-0.4, -0.2) is 18.3 Å². The van der Waals surface area contributed by atoms with Crippen LogP contribution in [0.3, 0.4) is 0 Å². The topological polar surface area (TPSA) is 29.5 Å². The zero-order valence-corrected chi connectivity index (χ0v) is 13.7. The molecular formula is C18H30O2. The Balaban J connectivity index is 2.73. The zero-order valence-electron chi connectivity index (χ0n) is 13.7. The fraction of sp³-hybridized carbons (Fsp3) is 0.667. The fourth-order valence-electron chi connectivity index (χ4n) is 2.87. The molecule has 1 N–H and O–H groups in total. The summed E-state index contributed by atoms with van der Waals surface area (Å²) in [7, 11) is 0. The van der Waals surface area contributed by atoms with Gasteiger partial charge in [-0.2, -0.15) is 0 Å². The molecule has 1 aromatic carbocycles. The van der Waals surface area contributed by atoms with Crippen molar-refractivity contribution >= 4 is 0 Å². The minimum Gasteiger partial charge on any atom is -0.491 e. The van der Waals surface area contributed by atoms with E-state index in [4.69, 9.17) is 9.84 Å². The van der Waals surface area contributed by atoms with Crippen molar-refractivity contribution < 1.29 is 9.84 Å². The van der Waals surface area contributed by atoms with Gasteiger partial charge in [-0.25, -0.2) is 0 Å². The standard InChI is InChI=1S/C18H30O2/c1-6-13(2)9-14(3)10-17-11-15(4)18(16(5)12-17)20-8-7-19/h11-14,19H,6-10H2,1-5H3. The molecule has 2 unspecified atom stereocenters. The number of rotatable bonds is 8. The summed E-state index contributed by atoms with van der Waals surface area (Å²) in [6.07, 6.45) is 3.68. The van der Waals surface area contributed by atoms with Gasteiger partial charge in [0.2, 0.25) is 0 Å². The molecule has 20 heavy (non-hydrogen) atoms. The van der Waals surface area contributed by atoms with Crippen molar-refractivity contribution in [3.8, 4) is 5.75 Å². The highest BCUT2D eigenvalue weighted by molar-refractivity contribution is 5.43. The quantitative estimate of drug-likeness (QED) is 0.768. The lowest BCUT2D eigenvalue weighted by Gasteiger charge is -2.18. The Morgan fingerprint density at radius 2 is 1.70 bits per heavy atom.